The number of hydrogen-bond acceptors (Lipinski definition) is 3. The van der Waals surface area contributed by atoms with Gasteiger partial charge in [-0.1, -0.05) is 41.0 Å². The van der Waals surface area contributed by atoms with E-state index in [1.165, 1.54) is 0 Å². The molecule has 0 aliphatic heterocycles. The number of nitrogens with zero attached hydrogens (tertiary/aromatic N) is 1. The number of pyridine rings is 1. The van der Waals surface area contributed by atoms with Crippen LogP contribution in [-0.4, -0.2) is 11.0 Å². The third kappa shape index (κ3) is 4.39. The van der Waals surface area contributed by atoms with Crippen molar-refractivity contribution in [2.45, 2.75) is 29.3 Å². The van der Waals surface area contributed by atoms with Gasteiger partial charge in [-0.05, 0) is 43.2 Å². The highest BCUT2D eigenvalue weighted by atomic mass is 35.5. The number of rotatable bonds is 4. The Labute approximate surface area is 127 Å². The smallest absolute Gasteiger partial charge is 0.101 e. The highest BCUT2D eigenvalue weighted by Crippen LogP contribution is 2.31. The fourth-order valence-electron chi connectivity index (χ4n) is 1.62. The van der Waals surface area contributed by atoms with Crippen molar-refractivity contribution in [3.05, 3.63) is 52.1 Å². The summed E-state index contributed by atoms with van der Waals surface area (Å²) in [4.78, 5) is 5.43. The Kier molecular flexibility index (Phi) is 5.11. The first kappa shape index (κ1) is 14.7. The van der Waals surface area contributed by atoms with Crippen LogP contribution in [0.3, 0.4) is 0 Å². The molecule has 1 aromatic heterocycles. The highest BCUT2D eigenvalue weighted by molar-refractivity contribution is 7.99. The molecule has 1 unspecified atom stereocenters. The maximum absolute atomic E-state index is 5.98. The van der Waals surface area contributed by atoms with Crippen molar-refractivity contribution in [1.29, 1.82) is 0 Å². The third-order valence-corrected chi connectivity index (χ3v) is 4.15. The zero-order valence-corrected chi connectivity index (χ0v) is 12.8. The Balaban J connectivity index is 2.08. The second kappa shape index (κ2) is 6.62. The molecule has 0 aliphatic rings. The van der Waals surface area contributed by atoms with Crippen LogP contribution >= 0.6 is 35.0 Å². The van der Waals surface area contributed by atoms with Gasteiger partial charge in [0.25, 0.3) is 0 Å². The van der Waals surface area contributed by atoms with Gasteiger partial charge in [-0.3, -0.25) is 0 Å². The van der Waals surface area contributed by atoms with E-state index in [1.807, 2.05) is 31.3 Å². The average molecular weight is 313 g/mol. The largest absolute Gasteiger partial charge is 0.328 e. The monoisotopic (exact) mass is 312 g/mol. The number of hydrogen-bond donors (Lipinski definition) is 1. The third-order valence-electron chi connectivity index (χ3n) is 2.47. The van der Waals surface area contributed by atoms with Gasteiger partial charge in [-0.25, -0.2) is 4.98 Å². The van der Waals surface area contributed by atoms with Crippen LogP contribution in [0.5, 0.6) is 0 Å². The van der Waals surface area contributed by atoms with E-state index in [2.05, 4.69) is 11.1 Å². The lowest BCUT2D eigenvalue weighted by molar-refractivity contribution is 0.734. The van der Waals surface area contributed by atoms with Crippen molar-refractivity contribution in [2.75, 3.05) is 0 Å². The summed E-state index contributed by atoms with van der Waals surface area (Å²) in [6.07, 6.45) is 2.70. The van der Waals surface area contributed by atoms with E-state index in [4.69, 9.17) is 28.9 Å². The molecular weight excluding hydrogens is 299 g/mol. The first-order valence-electron chi connectivity index (χ1n) is 5.88. The predicted molar refractivity (Wildman–Crippen MR) is 82.2 cm³/mol. The molecule has 19 heavy (non-hydrogen) atoms. The van der Waals surface area contributed by atoms with Crippen molar-refractivity contribution in [3.63, 3.8) is 0 Å². The quantitative estimate of drug-likeness (QED) is 0.907. The molecule has 0 saturated heterocycles. The fraction of sp³-hybridized carbons (Fsp3) is 0.214. The second-order valence-electron chi connectivity index (χ2n) is 4.36. The first-order valence-corrected chi connectivity index (χ1v) is 7.45. The maximum atomic E-state index is 5.98. The van der Waals surface area contributed by atoms with Crippen LogP contribution in [0.25, 0.3) is 0 Å². The normalized spacial score (nSPS) is 12.4. The van der Waals surface area contributed by atoms with Gasteiger partial charge in [0.05, 0.1) is 10.0 Å². The average Bonchev–Trinajstić information content (AvgIpc) is 2.36. The van der Waals surface area contributed by atoms with Gasteiger partial charge in [-0.2, -0.15) is 0 Å². The molecule has 2 nitrogen and oxygen atoms in total. The van der Waals surface area contributed by atoms with E-state index in [9.17, 15) is 0 Å². The van der Waals surface area contributed by atoms with Crippen LogP contribution in [0.2, 0.25) is 10.0 Å². The van der Waals surface area contributed by atoms with E-state index in [0.29, 0.717) is 10.0 Å². The molecule has 0 fully saturated rings. The Morgan fingerprint density at radius 3 is 2.58 bits per heavy atom. The van der Waals surface area contributed by atoms with E-state index < -0.39 is 0 Å². The maximum Gasteiger partial charge on any atom is 0.101 e. The molecule has 1 heterocycles. The Morgan fingerprint density at radius 1 is 1.21 bits per heavy atom. The minimum absolute atomic E-state index is 0.148. The lowest BCUT2D eigenvalue weighted by Crippen LogP contribution is -2.17. The van der Waals surface area contributed by atoms with Crippen molar-refractivity contribution in [2.24, 2.45) is 5.73 Å². The summed E-state index contributed by atoms with van der Waals surface area (Å²) < 4.78 is 0. The zero-order chi connectivity index (χ0) is 13.8. The molecule has 0 saturated carbocycles. The molecule has 2 N–H and O–H groups in total. The molecule has 2 aromatic rings. The van der Waals surface area contributed by atoms with E-state index in [-0.39, 0.29) is 6.04 Å². The van der Waals surface area contributed by atoms with Gasteiger partial charge >= 0.3 is 0 Å². The summed E-state index contributed by atoms with van der Waals surface area (Å²) in [5.41, 5.74) is 6.90. The predicted octanol–water partition coefficient (Wildman–Crippen LogP) is 4.43. The SMILES string of the molecule is CC(N)Cc1ccc(Sc2ccc(Cl)c(Cl)c2)nc1. The van der Waals surface area contributed by atoms with Gasteiger partial charge in [-0.15, -0.1) is 0 Å². The number of halogens is 2. The van der Waals surface area contributed by atoms with Crippen molar-refractivity contribution >= 4 is 35.0 Å². The molecule has 0 spiro atoms. The standard InChI is InChI=1S/C14H14Cl2N2S/c1-9(17)6-10-2-5-14(18-8-10)19-11-3-4-12(15)13(16)7-11/h2-5,7-9H,6,17H2,1H3. The number of nitrogens with two attached hydrogens (primary N) is 1. The Hall–Kier alpha value is -0.740. The molecule has 1 aromatic carbocycles. The molecule has 1 atom stereocenters. The Bertz CT molecular complexity index is 556. The van der Waals surface area contributed by atoms with Crippen LogP contribution in [0.4, 0.5) is 0 Å². The fourth-order valence-corrected chi connectivity index (χ4v) is 2.78. The van der Waals surface area contributed by atoms with Crippen molar-refractivity contribution < 1.29 is 0 Å². The topological polar surface area (TPSA) is 38.9 Å². The summed E-state index contributed by atoms with van der Waals surface area (Å²) in [6, 6.07) is 9.75. The second-order valence-corrected chi connectivity index (χ2v) is 6.27. The Morgan fingerprint density at radius 2 is 2.00 bits per heavy atom. The van der Waals surface area contributed by atoms with Crippen LogP contribution in [0.15, 0.2) is 46.5 Å². The minimum Gasteiger partial charge on any atom is -0.328 e. The van der Waals surface area contributed by atoms with Gasteiger partial charge in [0.15, 0.2) is 0 Å². The summed E-state index contributed by atoms with van der Waals surface area (Å²) in [5.74, 6) is 0. The van der Waals surface area contributed by atoms with E-state index in [1.54, 1.807) is 17.8 Å². The molecule has 0 amide bonds. The number of aromatic nitrogens is 1. The molecule has 0 aliphatic carbocycles. The lowest BCUT2D eigenvalue weighted by Gasteiger charge is -2.06. The van der Waals surface area contributed by atoms with E-state index >= 15 is 0 Å². The molecule has 100 valence electrons. The molecule has 0 radical (unpaired) electrons. The molecular formula is C14H14Cl2N2S. The van der Waals surface area contributed by atoms with Crippen LogP contribution in [-0.2, 0) is 6.42 Å². The molecule has 5 heteroatoms. The molecule has 0 bridgehead atoms. The molecule has 2 rings (SSSR count). The summed E-state index contributed by atoms with van der Waals surface area (Å²) in [5, 5.41) is 2.04. The summed E-state index contributed by atoms with van der Waals surface area (Å²) >= 11 is 13.4. The van der Waals surface area contributed by atoms with Gasteiger partial charge in [0.2, 0.25) is 0 Å². The van der Waals surface area contributed by atoms with E-state index in [0.717, 1.165) is 21.9 Å². The summed E-state index contributed by atoms with van der Waals surface area (Å²) in [7, 11) is 0. The van der Waals surface area contributed by atoms with Gasteiger partial charge in [0.1, 0.15) is 5.03 Å². The highest BCUT2D eigenvalue weighted by Gasteiger charge is 2.04. The minimum atomic E-state index is 0.148. The van der Waals surface area contributed by atoms with Crippen LogP contribution in [0.1, 0.15) is 12.5 Å². The summed E-state index contributed by atoms with van der Waals surface area (Å²) in [6.45, 7) is 1.98. The van der Waals surface area contributed by atoms with Gasteiger partial charge < -0.3 is 5.73 Å². The lowest BCUT2D eigenvalue weighted by atomic mass is 10.1. The number of benzene rings is 1. The van der Waals surface area contributed by atoms with Gasteiger partial charge in [0, 0.05) is 17.1 Å². The van der Waals surface area contributed by atoms with Crippen LogP contribution < -0.4 is 5.73 Å². The first-order chi connectivity index (χ1) is 9.04. The van der Waals surface area contributed by atoms with Crippen molar-refractivity contribution in [3.8, 4) is 0 Å². The van der Waals surface area contributed by atoms with Crippen molar-refractivity contribution in [1.82, 2.24) is 4.98 Å². The van der Waals surface area contributed by atoms with Crippen LogP contribution in [0, 0.1) is 0 Å². The zero-order valence-electron chi connectivity index (χ0n) is 10.4.